The predicted octanol–water partition coefficient (Wildman–Crippen LogP) is 3.29. The normalized spacial score (nSPS) is 10.1. The maximum absolute atomic E-state index is 9.53. The summed E-state index contributed by atoms with van der Waals surface area (Å²) in [5, 5.41) is 9.53. The Kier molecular flexibility index (Phi) is 3.88. The van der Waals surface area contributed by atoms with Crippen LogP contribution in [0.4, 0.5) is 0 Å². The van der Waals surface area contributed by atoms with Crippen LogP contribution < -0.4 is 4.74 Å². The number of phenols is 1. The Bertz CT molecular complexity index is 302. The van der Waals surface area contributed by atoms with Crippen molar-refractivity contribution < 1.29 is 9.84 Å². The number of rotatable bonds is 3. The number of aromatic hydroxyl groups is 1. The molecule has 0 unspecified atom stereocenters. The van der Waals surface area contributed by atoms with Gasteiger partial charge in [-0.15, -0.1) is 11.6 Å². The molecule has 0 spiro atoms. The van der Waals surface area contributed by atoms with E-state index in [-0.39, 0.29) is 5.75 Å². The molecule has 0 atom stereocenters. The fourth-order valence-corrected chi connectivity index (χ4v) is 1.61. The molecular weight excluding hydrogens is 255 g/mol. The summed E-state index contributed by atoms with van der Waals surface area (Å²) in [6.45, 7) is 2.38. The summed E-state index contributed by atoms with van der Waals surface area (Å²) < 4.78 is 5.83. The number of hydrogen-bond donors (Lipinski definition) is 1. The first-order valence-electron chi connectivity index (χ1n) is 3.89. The summed E-state index contributed by atoms with van der Waals surface area (Å²) in [4.78, 5) is 0. The van der Waals surface area contributed by atoms with Crippen molar-refractivity contribution in [2.45, 2.75) is 12.8 Å². The van der Waals surface area contributed by atoms with Gasteiger partial charge in [-0.3, -0.25) is 0 Å². The first kappa shape index (κ1) is 10.7. The van der Waals surface area contributed by atoms with Gasteiger partial charge in [0.25, 0.3) is 0 Å². The van der Waals surface area contributed by atoms with Crippen molar-refractivity contribution in [2.24, 2.45) is 0 Å². The number of halogens is 2. The Morgan fingerprint density at radius 2 is 2.23 bits per heavy atom. The molecule has 0 aliphatic heterocycles. The predicted molar refractivity (Wildman–Crippen MR) is 56.5 cm³/mol. The molecule has 1 N–H and O–H groups in total. The molecule has 0 aromatic heterocycles. The highest BCUT2D eigenvalue weighted by molar-refractivity contribution is 9.10. The van der Waals surface area contributed by atoms with Gasteiger partial charge in [-0.05, 0) is 40.5 Å². The van der Waals surface area contributed by atoms with Crippen molar-refractivity contribution in [3.8, 4) is 11.5 Å². The second-order valence-electron chi connectivity index (χ2n) is 2.49. The Morgan fingerprint density at radius 3 is 2.77 bits per heavy atom. The molecule has 0 aliphatic carbocycles. The highest BCUT2D eigenvalue weighted by Crippen LogP contribution is 2.35. The Hall–Kier alpha value is -0.410. The standard InChI is InChI=1S/C9H10BrClO2/c1-2-13-8-4-6(5-11)3-7(10)9(8)12/h3-4,12H,2,5H2,1H3. The van der Waals surface area contributed by atoms with Crippen LogP contribution in [0.3, 0.4) is 0 Å². The van der Waals surface area contributed by atoms with E-state index in [1.807, 2.05) is 6.92 Å². The third-order valence-electron chi connectivity index (χ3n) is 1.54. The smallest absolute Gasteiger partial charge is 0.172 e. The Balaban J connectivity index is 3.09. The maximum atomic E-state index is 9.53. The molecule has 2 nitrogen and oxygen atoms in total. The number of alkyl halides is 1. The molecule has 1 aromatic carbocycles. The zero-order valence-electron chi connectivity index (χ0n) is 7.18. The van der Waals surface area contributed by atoms with Crippen molar-refractivity contribution in [3.05, 3.63) is 22.2 Å². The zero-order valence-corrected chi connectivity index (χ0v) is 9.52. The van der Waals surface area contributed by atoms with Gasteiger partial charge >= 0.3 is 0 Å². The van der Waals surface area contributed by atoms with E-state index in [0.717, 1.165) is 5.56 Å². The lowest BCUT2D eigenvalue weighted by Gasteiger charge is -2.08. The fourth-order valence-electron chi connectivity index (χ4n) is 0.970. The Labute approximate surface area is 90.6 Å². The molecule has 1 aromatic rings. The summed E-state index contributed by atoms with van der Waals surface area (Å²) in [5.74, 6) is 0.988. The molecule has 0 amide bonds. The molecule has 4 heteroatoms. The van der Waals surface area contributed by atoms with Crippen molar-refractivity contribution in [1.29, 1.82) is 0 Å². The highest BCUT2D eigenvalue weighted by Gasteiger charge is 2.08. The molecule has 0 heterocycles. The van der Waals surface area contributed by atoms with Crippen LogP contribution in [0.1, 0.15) is 12.5 Å². The molecule has 13 heavy (non-hydrogen) atoms. The van der Waals surface area contributed by atoms with Crippen LogP contribution in [0.25, 0.3) is 0 Å². The zero-order chi connectivity index (χ0) is 9.84. The molecule has 0 radical (unpaired) electrons. The van der Waals surface area contributed by atoms with Crippen LogP contribution in [-0.4, -0.2) is 11.7 Å². The minimum Gasteiger partial charge on any atom is -0.503 e. The van der Waals surface area contributed by atoms with Crippen LogP contribution in [-0.2, 0) is 5.88 Å². The van der Waals surface area contributed by atoms with Crippen LogP contribution in [0.5, 0.6) is 11.5 Å². The van der Waals surface area contributed by atoms with E-state index in [1.54, 1.807) is 12.1 Å². The summed E-state index contributed by atoms with van der Waals surface area (Å²) in [5.41, 5.74) is 0.912. The van der Waals surface area contributed by atoms with Gasteiger partial charge in [-0.2, -0.15) is 0 Å². The summed E-state index contributed by atoms with van der Waals surface area (Å²) >= 11 is 8.88. The second-order valence-corrected chi connectivity index (χ2v) is 3.61. The van der Waals surface area contributed by atoms with Crippen LogP contribution >= 0.6 is 27.5 Å². The van der Waals surface area contributed by atoms with Crippen molar-refractivity contribution in [3.63, 3.8) is 0 Å². The fraction of sp³-hybridized carbons (Fsp3) is 0.333. The van der Waals surface area contributed by atoms with E-state index in [0.29, 0.717) is 22.7 Å². The van der Waals surface area contributed by atoms with Gasteiger partial charge in [0.15, 0.2) is 11.5 Å². The molecule has 1 rings (SSSR count). The minimum absolute atomic E-state index is 0.121. The Morgan fingerprint density at radius 1 is 1.54 bits per heavy atom. The number of benzene rings is 1. The van der Waals surface area contributed by atoms with Gasteiger partial charge < -0.3 is 9.84 Å². The van der Waals surface area contributed by atoms with Gasteiger partial charge in [-0.25, -0.2) is 0 Å². The van der Waals surface area contributed by atoms with Crippen LogP contribution in [0, 0.1) is 0 Å². The van der Waals surface area contributed by atoms with Crippen LogP contribution in [0.2, 0.25) is 0 Å². The lowest BCUT2D eigenvalue weighted by atomic mass is 10.2. The van der Waals surface area contributed by atoms with Crippen molar-refractivity contribution in [2.75, 3.05) is 6.61 Å². The van der Waals surface area contributed by atoms with Gasteiger partial charge in [-0.1, -0.05) is 0 Å². The lowest BCUT2D eigenvalue weighted by molar-refractivity contribution is 0.317. The van der Waals surface area contributed by atoms with E-state index >= 15 is 0 Å². The second kappa shape index (κ2) is 4.72. The SMILES string of the molecule is CCOc1cc(CCl)cc(Br)c1O. The number of phenolic OH excluding ortho intramolecular Hbond substituents is 1. The summed E-state index contributed by atoms with van der Waals surface area (Å²) in [7, 11) is 0. The van der Waals surface area contributed by atoms with E-state index in [2.05, 4.69) is 15.9 Å². The topological polar surface area (TPSA) is 29.5 Å². The molecule has 0 aliphatic rings. The van der Waals surface area contributed by atoms with E-state index in [9.17, 15) is 5.11 Å². The van der Waals surface area contributed by atoms with Gasteiger partial charge in [0, 0.05) is 5.88 Å². The lowest BCUT2D eigenvalue weighted by Crippen LogP contribution is -1.93. The van der Waals surface area contributed by atoms with Gasteiger partial charge in [0.1, 0.15) is 0 Å². The maximum Gasteiger partial charge on any atom is 0.172 e. The summed E-state index contributed by atoms with van der Waals surface area (Å²) in [6.07, 6.45) is 0. The third-order valence-corrected chi connectivity index (χ3v) is 2.46. The van der Waals surface area contributed by atoms with Crippen molar-refractivity contribution >= 4 is 27.5 Å². The van der Waals surface area contributed by atoms with E-state index in [4.69, 9.17) is 16.3 Å². The minimum atomic E-state index is 0.121. The number of ether oxygens (including phenoxy) is 1. The molecule has 72 valence electrons. The van der Waals surface area contributed by atoms with Crippen molar-refractivity contribution in [1.82, 2.24) is 0 Å². The molecule has 0 fully saturated rings. The average Bonchev–Trinajstić information content (AvgIpc) is 2.13. The number of hydrogen-bond acceptors (Lipinski definition) is 2. The van der Waals surface area contributed by atoms with Gasteiger partial charge in [0.2, 0.25) is 0 Å². The average molecular weight is 266 g/mol. The van der Waals surface area contributed by atoms with E-state index < -0.39 is 0 Å². The molecule has 0 bridgehead atoms. The third kappa shape index (κ3) is 2.51. The first-order chi connectivity index (χ1) is 6.19. The largest absolute Gasteiger partial charge is 0.503 e. The molecular formula is C9H10BrClO2. The van der Waals surface area contributed by atoms with Gasteiger partial charge in [0.05, 0.1) is 11.1 Å². The molecule has 0 saturated heterocycles. The first-order valence-corrected chi connectivity index (χ1v) is 5.22. The quantitative estimate of drug-likeness (QED) is 0.850. The monoisotopic (exact) mass is 264 g/mol. The van der Waals surface area contributed by atoms with Crippen LogP contribution in [0.15, 0.2) is 16.6 Å². The molecule has 0 saturated carbocycles. The van der Waals surface area contributed by atoms with E-state index in [1.165, 1.54) is 0 Å². The highest BCUT2D eigenvalue weighted by atomic mass is 79.9. The summed E-state index contributed by atoms with van der Waals surface area (Å²) in [6, 6.07) is 3.50.